The Kier molecular flexibility index (Phi) is 3.65. The van der Waals surface area contributed by atoms with Gasteiger partial charge in [-0.1, -0.05) is 0 Å². The highest BCUT2D eigenvalue weighted by atomic mass is 32.2. The Bertz CT molecular complexity index is 257. The number of hydrogen-bond donors (Lipinski definition) is 0. The lowest BCUT2D eigenvalue weighted by molar-refractivity contribution is 0.109. The van der Waals surface area contributed by atoms with Gasteiger partial charge < -0.3 is 0 Å². The van der Waals surface area contributed by atoms with Crippen LogP contribution in [0.1, 0.15) is 6.92 Å². The molecule has 1 atom stereocenters. The van der Waals surface area contributed by atoms with E-state index < -0.39 is 9.84 Å². The fraction of sp³-hybridized carbons (Fsp3) is 1.00. The summed E-state index contributed by atoms with van der Waals surface area (Å²) in [5, 5.41) is 0.524. The highest BCUT2D eigenvalue weighted by molar-refractivity contribution is 7.99. The zero-order valence-electron chi connectivity index (χ0n) is 8.36. The van der Waals surface area contributed by atoms with Crippen molar-refractivity contribution >= 4 is 21.6 Å². The minimum atomic E-state index is -2.77. The van der Waals surface area contributed by atoms with E-state index in [9.17, 15) is 8.42 Å². The van der Waals surface area contributed by atoms with Gasteiger partial charge in [-0.25, -0.2) is 8.42 Å². The van der Waals surface area contributed by atoms with Crippen LogP contribution in [-0.4, -0.2) is 50.0 Å². The second-order valence-electron chi connectivity index (χ2n) is 3.75. The van der Waals surface area contributed by atoms with Gasteiger partial charge >= 0.3 is 0 Å². The molecular formula is C8H17NO2S2. The molecule has 78 valence electrons. The van der Waals surface area contributed by atoms with Gasteiger partial charge in [-0.2, -0.15) is 0 Å². The summed E-state index contributed by atoms with van der Waals surface area (Å²) >= 11 is 1.81. The van der Waals surface area contributed by atoms with Crippen molar-refractivity contribution in [1.82, 2.24) is 4.90 Å². The van der Waals surface area contributed by atoms with E-state index in [1.165, 1.54) is 6.26 Å². The fourth-order valence-electron chi connectivity index (χ4n) is 1.59. The first-order chi connectivity index (χ1) is 5.92. The van der Waals surface area contributed by atoms with Crippen molar-refractivity contribution in [3.05, 3.63) is 0 Å². The maximum Gasteiger partial charge on any atom is 0.147 e. The minimum absolute atomic E-state index is 0.352. The van der Waals surface area contributed by atoms with Crippen molar-refractivity contribution in [3.63, 3.8) is 0 Å². The van der Waals surface area contributed by atoms with Gasteiger partial charge in [-0.3, -0.25) is 4.90 Å². The van der Waals surface area contributed by atoms with E-state index in [4.69, 9.17) is 0 Å². The van der Waals surface area contributed by atoms with E-state index in [0.29, 0.717) is 17.0 Å². The monoisotopic (exact) mass is 223 g/mol. The van der Waals surface area contributed by atoms with E-state index in [2.05, 4.69) is 18.1 Å². The quantitative estimate of drug-likeness (QED) is 0.702. The summed E-state index contributed by atoms with van der Waals surface area (Å²) in [4.78, 5) is 2.31. The first-order valence-corrected chi connectivity index (χ1v) is 7.72. The molecule has 5 heteroatoms. The van der Waals surface area contributed by atoms with Gasteiger partial charge in [0.15, 0.2) is 0 Å². The van der Waals surface area contributed by atoms with Gasteiger partial charge in [-0.05, 0) is 19.1 Å². The third kappa shape index (κ3) is 3.48. The largest absolute Gasteiger partial charge is 0.291 e. The van der Waals surface area contributed by atoms with Crippen molar-refractivity contribution in [2.75, 3.05) is 31.4 Å². The first kappa shape index (κ1) is 11.3. The van der Waals surface area contributed by atoms with Crippen LogP contribution in [0.2, 0.25) is 0 Å². The zero-order valence-corrected chi connectivity index (χ0v) is 9.99. The van der Waals surface area contributed by atoms with Gasteiger partial charge in [0, 0.05) is 19.3 Å². The van der Waals surface area contributed by atoms with Crippen LogP contribution in [0.5, 0.6) is 0 Å². The molecule has 0 amide bonds. The SMILES string of the molecule is CSC(C)N1CC(CS(C)(=O)=O)C1. The average Bonchev–Trinajstić information content (AvgIpc) is 1.92. The lowest BCUT2D eigenvalue weighted by Crippen LogP contribution is -2.52. The van der Waals surface area contributed by atoms with Crippen LogP contribution in [0.4, 0.5) is 0 Å². The van der Waals surface area contributed by atoms with Gasteiger partial charge in [0.05, 0.1) is 11.1 Å². The summed E-state index contributed by atoms with van der Waals surface area (Å²) in [6, 6.07) is 0. The summed E-state index contributed by atoms with van der Waals surface area (Å²) in [6.45, 7) is 4.03. The van der Waals surface area contributed by atoms with Gasteiger partial charge in [0.1, 0.15) is 9.84 Å². The molecule has 0 spiro atoms. The molecule has 1 rings (SSSR count). The summed E-state index contributed by atoms with van der Waals surface area (Å²) < 4.78 is 21.9. The molecule has 0 aromatic carbocycles. The number of thioether (sulfide) groups is 1. The summed E-state index contributed by atoms with van der Waals surface area (Å²) in [6.07, 6.45) is 3.39. The first-order valence-electron chi connectivity index (χ1n) is 4.37. The van der Waals surface area contributed by atoms with Gasteiger partial charge in [0.25, 0.3) is 0 Å². The van der Waals surface area contributed by atoms with Crippen LogP contribution in [0.3, 0.4) is 0 Å². The summed E-state index contributed by atoms with van der Waals surface area (Å²) in [7, 11) is -2.77. The van der Waals surface area contributed by atoms with Crippen LogP contribution in [0.25, 0.3) is 0 Å². The average molecular weight is 223 g/mol. The van der Waals surface area contributed by atoms with Crippen LogP contribution in [-0.2, 0) is 9.84 Å². The molecule has 1 heterocycles. The lowest BCUT2D eigenvalue weighted by atomic mass is 10.0. The summed E-state index contributed by atoms with van der Waals surface area (Å²) in [5.41, 5.74) is 0. The molecule has 0 radical (unpaired) electrons. The molecule has 0 bridgehead atoms. The molecule has 0 N–H and O–H groups in total. The Balaban J connectivity index is 2.26. The predicted octanol–water partition coefficient (Wildman–Crippen LogP) is 0.672. The molecular weight excluding hydrogens is 206 g/mol. The number of hydrogen-bond acceptors (Lipinski definition) is 4. The van der Waals surface area contributed by atoms with Crippen LogP contribution >= 0.6 is 11.8 Å². The second-order valence-corrected chi connectivity index (χ2v) is 7.09. The Morgan fingerprint density at radius 3 is 2.46 bits per heavy atom. The van der Waals surface area contributed by atoms with Crippen LogP contribution < -0.4 is 0 Å². The smallest absolute Gasteiger partial charge is 0.147 e. The van der Waals surface area contributed by atoms with Gasteiger partial charge in [-0.15, -0.1) is 11.8 Å². The number of sulfone groups is 1. The molecule has 13 heavy (non-hydrogen) atoms. The predicted molar refractivity (Wildman–Crippen MR) is 57.8 cm³/mol. The molecule has 1 aliphatic heterocycles. The van der Waals surface area contributed by atoms with E-state index in [0.717, 1.165) is 13.1 Å². The minimum Gasteiger partial charge on any atom is -0.291 e. The molecule has 0 aliphatic carbocycles. The van der Waals surface area contributed by atoms with Crippen LogP contribution in [0, 0.1) is 5.92 Å². The molecule has 0 aromatic rings. The number of likely N-dealkylation sites (tertiary alicyclic amines) is 1. The highest BCUT2D eigenvalue weighted by Crippen LogP contribution is 2.24. The van der Waals surface area contributed by atoms with Crippen molar-refractivity contribution in [2.45, 2.75) is 12.3 Å². The second kappa shape index (κ2) is 4.19. The fourth-order valence-corrected chi connectivity index (χ4v) is 3.13. The van der Waals surface area contributed by atoms with Gasteiger partial charge in [0.2, 0.25) is 0 Å². The standard InChI is InChI=1S/C8H17NO2S2/c1-7(12-2)9-4-8(5-9)6-13(3,10)11/h7-8H,4-6H2,1-3H3. The maximum atomic E-state index is 11.0. The zero-order chi connectivity index (χ0) is 10.1. The van der Waals surface area contributed by atoms with E-state index in [-0.39, 0.29) is 0 Å². The third-order valence-electron chi connectivity index (χ3n) is 2.38. The normalized spacial score (nSPS) is 22.7. The Hall–Kier alpha value is 0.260. The topological polar surface area (TPSA) is 37.4 Å². The molecule has 3 nitrogen and oxygen atoms in total. The maximum absolute atomic E-state index is 11.0. The van der Waals surface area contributed by atoms with Crippen molar-refractivity contribution in [3.8, 4) is 0 Å². The third-order valence-corrected chi connectivity index (χ3v) is 4.44. The van der Waals surface area contributed by atoms with E-state index in [1.54, 1.807) is 11.8 Å². The Morgan fingerprint density at radius 1 is 1.54 bits per heavy atom. The summed E-state index contributed by atoms with van der Waals surface area (Å²) in [5.74, 6) is 0.717. The highest BCUT2D eigenvalue weighted by Gasteiger charge is 2.31. The molecule has 1 unspecified atom stereocenters. The van der Waals surface area contributed by atoms with Crippen molar-refractivity contribution < 1.29 is 8.42 Å². The Labute approximate surface area is 84.8 Å². The molecule has 1 saturated heterocycles. The lowest BCUT2D eigenvalue weighted by Gasteiger charge is -2.42. The number of nitrogens with zero attached hydrogens (tertiary/aromatic N) is 1. The molecule has 1 fully saturated rings. The molecule has 0 aromatic heterocycles. The van der Waals surface area contributed by atoms with E-state index >= 15 is 0 Å². The van der Waals surface area contributed by atoms with Crippen molar-refractivity contribution in [1.29, 1.82) is 0 Å². The molecule has 0 saturated carbocycles. The van der Waals surface area contributed by atoms with Crippen molar-refractivity contribution in [2.24, 2.45) is 5.92 Å². The van der Waals surface area contributed by atoms with Crippen LogP contribution in [0.15, 0.2) is 0 Å². The Morgan fingerprint density at radius 2 is 2.08 bits per heavy atom. The number of rotatable bonds is 4. The van der Waals surface area contributed by atoms with E-state index in [1.807, 2.05) is 0 Å². The molecule has 1 aliphatic rings.